The number of hydrogen-bond acceptors (Lipinski definition) is 3. The molecule has 0 spiro atoms. The fraction of sp³-hybridized carbons (Fsp3) is 0.852. The molecule has 6 heteroatoms. The average molecular weight is 469 g/mol. The fourth-order valence-corrected chi connectivity index (χ4v) is 8.55. The lowest BCUT2D eigenvalue weighted by molar-refractivity contribution is -0.130. The summed E-state index contributed by atoms with van der Waals surface area (Å²) < 4.78 is 37.5. The van der Waals surface area contributed by atoms with E-state index in [-0.39, 0.29) is 29.6 Å². The first kappa shape index (κ1) is 26.3. The van der Waals surface area contributed by atoms with Crippen molar-refractivity contribution < 1.29 is 18.0 Å². The third-order valence-electron chi connectivity index (χ3n) is 9.89. The van der Waals surface area contributed by atoms with E-state index in [4.69, 9.17) is 5.41 Å². The van der Waals surface area contributed by atoms with Gasteiger partial charge in [-0.2, -0.15) is 13.2 Å². The Labute approximate surface area is 197 Å². The first-order valence-electron chi connectivity index (χ1n) is 13.1. The van der Waals surface area contributed by atoms with Gasteiger partial charge in [-0.1, -0.05) is 53.9 Å². The second-order valence-corrected chi connectivity index (χ2v) is 11.4. The van der Waals surface area contributed by atoms with Crippen LogP contribution in [-0.4, -0.2) is 24.2 Å². The van der Waals surface area contributed by atoms with Crippen LogP contribution >= 0.6 is 0 Å². The Morgan fingerprint density at radius 3 is 2.42 bits per heavy atom. The number of carbonyl (C=O) groups excluding carboxylic acids is 1. The molecule has 8 unspecified atom stereocenters. The average Bonchev–Trinajstić information content (AvgIpc) is 2.96. The van der Waals surface area contributed by atoms with Gasteiger partial charge >= 0.3 is 6.18 Å². The van der Waals surface area contributed by atoms with Gasteiger partial charge in [-0.15, -0.1) is 0 Å². The third-order valence-corrected chi connectivity index (χ3v) is 9.89. The highest BCUT2D eigenvalue weighted by molar-refractivity contribution is 5.96. The van der Waals surface area contributed by atoms with Crippen LogP contribution in [0.4, 0.5) is 13.2 Å². The lowest BCUT2D eigenvalue weighted by Gasteiger charge is -2.55. The van der Waals surface area contributed by atoms with Crippen LogP contribution in [0.3, 0.4) is 0 Å². The van der Waals surface area contributed by atoms with E-state index in [1.54, 1.807) is 0 Å². The van der Waals surface area contributed by atoms with E-state index in [0.29, 0.717) is 23.8 Å². The minimum absolute atomic E-state index is 0.0239. The van der Waals surface area contributed by atoms with Gasteiger partial charge in [0, 0.05) is 5.92 Å². The minimum Gasteiger partial charge on any atom is -0.384 e. The highest BCUT2D eigenvalue weighted by atomic mass is 19.4. The first-order valence-corrected chi connectivity index (χ1v) is 13.1. The summed E-state index contributed by atoms with van der Waals surface area (Å²) in [7, 11) is 0. The molecule has 0 saturated heterocycles. The van der Waals surface area contributed by atoms with Crippen LogP contribution in [-0.2, 0) is 4.79 Å². The standard InChI is InChI=1S/C27H43F3N2O/c1-6-8-19-18(7-2)9-10-21-20(19)11-13-26(5)24(21)16(3)17(4)25(26)22(33)15-32-14-12-23(31)27(28,29)30/h12,14,16-21,24-25,31-32H,6-11,13,15H2,1-5H3/b14-12-,31-23?/t16-,17?,18?,19?,20?,21?,24?,25?,26?/m1/s1. The third kappa shape index (κ3) is 4.91. The summed E-state index contributed by atoms with van der Waals surface area (Å²) in [5, 5.41) is 9.76. The van der Waals surface area contributed by atoms with E-state index in [9.17, 15) is 18.0 Å². The van der Waals surface area contributed by atoms with E-state index in [0.717, 1.165) is 30.4 Å². The first-order chi connectivity index (χ1) is 15.5. The molecule has 3 rings (SSSR count). The van der Waals surface area contributed by atoms with Gasteiger partial charge in [0.05, 0.1) is 6.54 Å². The zero-order chi connectivity index (χ0) is 24.6. The van der Waals surface area contributed by atoms with Gasteiger partial charge in [0.1, 0.15) is 5.71 Å². The van der Waals surface area contributed by atoms with Crippen LogP contribution in [0.1, 0.15) is 79.6 Å². The van der Waals surface area contributed by atoms with E-state index < -0.39 is 11.9 Å². The van der Waals surface area contributed by atoms with Gasteiger partial charge in [-0.05, 0) is 84.8 Å². The summed E-state index contributed by atoms with van der Waals surface area (Å²) in [5.41, 5.74) is -1.45. The second-order valence-electron chi connectivity index (χ2n) is 11.4. The zero-order valence-electron chi connectivity index (χ0n) is 21.0. The molecule has 33 heavy (non-hydrogen) atoms. The maximum Gasteiger partial charge on any atom is 0.432 e. The molecule has 3 aliphatic rings. The minimum atomic E-state index is -4.66. The van der Waals surface area contributed by atoms with E-state index in [1.165, 1.54) is 38.5 Å². The molecule has 188 valence electrons. The number of alkyl halides is 3. The summed E-state index contributed by atoms with van der Waals surface area (Å²) in [6, 6.07) is 0. The monoisotopic (exact) mass is 468 g/mol. The Morgan fingerprint density at radius 2 is 1.82 bits per heavy atom. The molecule has 0 radical (unpaired) electrons. The zero-order valence-corrected chi connectivity index (χ0v) is 21.0. The van der Waals surface area contributed by atoms with Crippen LogP contribution in [0.5, 0.6) is 0 Å². The molecular weight excluding hydrogens is 425 g/mol. The SMILES string of the molecule is CCCC1C(CC)CCC2C1CCC1(C)C(C(=O)CN/C=C\C(=N)C(F)(F)F)C(C)[C@@H](C)C21. The fourth-order valence-electron chi connectivity index (χ4n) is 8.55. The predicted molar refractivity (Wildman–Crippen MR) is 127 cm³/mol. The Kier molecular flexibility index (Phi) is 8.05. The molecule has 0 aromatic carbocycles. The van der Waals surface area contributed by atoms with Crippen molar-refractivity contribution in [3.05, 3.63) is 12.3 Å². The van der Waals surface area contributed by atoms with Crippen molar-refractivity contribution in [3.63, 3.8) is 0 Å². The van der Waals surface area contributed by atoms with Crippen molar-refractivity contribution in [2.24, 2.45) is 52.8 Å². The van der Waals surface area contributed by atoms with Gasteiger partial charge in [0.2, 0.25) is 0 Å². The van der Waals surface area contributed by atoms with Gasteiger partial charge in [-0.3, -0.25) is 10.2 Å². The summed E-state index contributed by atoms with van der Waals surface area (Å²) in [5.74, 6) is 4.47. The predicted octanol–water partition coefficient (Wildman–Crippen LogP) is 7.03. The summed E-state index contributed by atoms with van der Waals surface area (Å²) >= 11 is 0. The van der Waals surface area contributed by atoms with Crippen LogP contribution in [0.2, 0.25) is 0 Å². The Morgan fingerprint density at radius 1 is 1.12 bits per heavy atom. The van der Waals surface area contributed by atoms with E-state index in [2.05, 4.69) is 39.9 Å². The van der Waals surface area contributed by atoms with Crippen molar-refractivity contribution in [2.45, 2.75) is 85.7 Å². The molecular formula is C27H43F3N2O. The van der Waals surface area contributed by atoms with E-state index >= 15 is 0 Å². The van der Waals surface area contributed by atoms with Crippen molar-refractivity contribution >= 4 is 11.5 Å². The van der Waals surface area contributed by atoms with Gasteiger partial charge < -0.3 is 5.32 Å². The topological polar surface area (TPSA) is 53.0 Å². The van der Waals surface area contributed by atoms with Gasteiger partial charge in [0.15, 0.2) is 5.78 Å². The number of nitrogens with one attached hydrogen (secondary N) is 2. The van der Waals surface area contributed by atoms with Gasteiger partial charge in [0.25, 0.3) is 0 Å². The molecule has 0 aromatic heterocycles. The number of Topliss-reactive ketones (excluding diaryl/α,β-unsaturated/α-hetero) is 1. The number of allylic oxidation sites excluding steroid dienone is 1. The molecule has 0 heterocycles. The summed E-state index contributed by atoms with van der Waals surface area (Å²) in [6.45, 7) is 11.5. The maximum atomic E-state index is 13.4. The number of fused-ring (bicyclic) bond motifs is 3. The molecule has 3 aliphatic carbocycles. The molecule has 9 atom stereocenters. The number of rotatable bonds is 8. The van der Waals surface area contributed by atoms with Crippen LogP contribution in [0, 0.1) is 58.2 Å². The maximum absolute atomic E-state index is 13.4. The molecule has 0 amide bonds. The highest BCUT2D eigenvalue weighted by Gasteiger charge is 2.62. The quantitative estimate of drug-likeness (QED) is 0.376. The highest BCUT2D eigenvalue weighted by Crippen LogP contribution is 2.66. The van der Waals surface area contributed by atoms with E-state index in [1.807, 2.05) is 0 Å². The normalized spacial score (nSPS) is 41.0. The molecule has 3 saturated carbocycles. The Bertz CT molecular complexity index is 748. The number of hydrogen-bond donors (Lipinski definition) is 2. The molecule has 3 fully saturated rings. The second kappa shape index (κ2) is 10.1. The van der Waals surface area contributed by atoms with Crippen LogP contribution < -0.4 is 5.32 Å². The lowest BCUT2D eigenvalue weighted by Crippen LogP contribution is -2.49. The number of carbonyl (C=O) groups is 1. The largest absolute Gasteiger partial charge is 0.432 e. The lowest BCUT2D eigenvalue weighted by atomic mass is 9.49. The smallest absolute Gasteiger partial charge is 0.384 e. The molecule has 0 bridgehead atoms. The summed E-state index contributed by atoms with van der Waals surface area (Å²) in [6.07, 6.45) is 5.82. The Balaban J connectivity index is 1.74. The van der Waals surface area contributed by atoms with Crippen molar-refractivity contribution in [1.82, 2.24) is 5.32 Å². The van der Waals surface area contributed by atoms with Crippen molar-refractivity contribution in [1.29, 1.82) is 5.41 Å². The van der Waals surface area contributed by atoms with Gasteiger partial charge in [-0.25, -0.2) is 0 Å². The molecule has 2 N–H and O–H groups in total. The molecule has 0 aromatic rings. The van der Waals surface area contributed by atoms with Crippen LogP contribution in [0.15, 0.2) is 12.3 Å². The van der Waals surface area contributed by atoms with Crippen LogP contribution in [0.25, 0.3) is 0 Å². The molecule has 3 nitrogen and oxygen atoms in total. The number of halogens is 3. The Hall–Kier alpha value is -1.33. The molecule has 0 aliphatic heterocycles. The van der Waals surface area contributed by atoms with Crippen molar-refractivity contribution in [2.75, 3.05) is 6.54 Å². The number of ketones is 1. The summed E-state index contributed by atoms with van der Waals surface area (Å²) in [4.78, 5) is 13.4. The van der Waals surface area contributed by atoms with Crippen molar-refractivity contribution in [3.8, 4) is 0 Å².